The molecule has 2 amide bonds. The molecule has 1 aliphatic heterocycles. The molecular weight excluding hydrogens is 178 g/mol. The molecule has 0 atom stereocenters. The van der Waals surface area contributed by atoms with Crippen molar-refractivity contribution in [2.45, 2.75) is 39.5 Å². The molecule has 0 unspecified atom stereocenters. The molecule has 1 heterocycles. The zero-order valence-electron chi connectivity index (χ0n) is 8.88. The summed E-state index contributed by atoms with van der Waals surface area (Å²) in [5.74, 6) is -0.0215. The van der Waals surface area contributed by atoms with Crippen LogP contribution in [0.3, 0.4) is 0 Å². The predicted molar refractivity (Wildman–Crippen MR) is 54.6 cm³/mol. The van der Waals surface area contributed by atoms with E-state index >= 15 is 0 Å². The molecule has 78 valence electrons. The molecule has 0 spiro atoms. The van der Waals surface area contributed by atoms with Crippen molar-refractivity contribution in [3.63, 3.8) is 0 Å². The van der Waals surface area contributed by atoms with Crippen LogP contribution in [0.4, 0.5) is 0 Å². The van der Waals surface area contributed by atoms with Crippen LogP contribution in [0.5, 0.6) is 0 Å². The van der Waals surface area contributed by atoms with Gasteiger partial charge in [-0.2, -0.15) is 0 Å². The predicted octanol–water partition coefficient (Wildman–Crippen LogP) is 1.88. The van der Waals surface area contributed by atoms with E-state index in [1.54, 1.807) is 0 Å². The molecule has 0 bridgehead atoms. The first kappa shape index (κ1) is 11.0. The molecule has 0 radical (unpaired) electrons. The van der Waals surface area contributed by atoms with Gasteiger partial charge >= 0.3 is 0 Å². The van der Waals surface area contributed by atoms with E-state index in [1.807, 2.05) is 13.8 Å². The van der Waals surface area contributed by atoms with Crippen LogP contribution in [0.15, 0.2) is 11.6 Å². The second-order valence-electron chi connectivity index (χ2n) is 3.86. The van der Waals surface area contributed by atoms with Crippen LogP contribution in [0.25, 0.3) is 0 Å². The summed E-state index contributed by atoms with van der Waals surface area (Å²) in [6.07, 6.45) is 4.60. The fraction of sp³-hybridized carbons (Fsp3) is 0.636. The Balaban J connectivity index is 2.45. The summed E-state index contributed by atoms with van der Waals surface area (Å²) < 4.78 is 0. The summed E-state index contributed by atoms with van der Waals surface area (Å²) in [6.45, 7) is 4.57. The average molecular weight is 195 g/mol. The molecule has 0 aromatic carbocycles. The Hall–Kier alpha value is -1.12. The van der Waals surface area contributed by atoms with E-state index < -0.39 is 0 Å². The van der Waals surface area contributed by atoms with Gasteiger partial charge in [0.1, 0.15) is 0 Å². The number of nitrogens with zero attached hydrogens (tertiary/aromatic N) is 1. The Morgan fingerprint density at radius 3 is 2.36 bits per heavy atom. The maximum absolute atomic E-state index is 11.4. The molecule has 3 nitrogen and oxygen atoms in total. The monoisotopic (exact) mass is 195 g/mol. The summed E-state index contributed by atoms with van der Waals surface area (Å²) in [5.41, 5.74) is 1.22. The van der Waals surface area contributed by atoms with Crippen molar-refractivity contribution in [2.75, 3.05) is 6.54 Å². The molecular formula is C11H17NO2. The lowest BCUT2D eigenvalue weighted by Gasteiger charge is -2.24. The lowest BCUT2D eigenvalue weighted by atomic mass is 10.1. The molecule has 1 saturated heterocycles. The normalized spacial score (nSPS) is 17.1. The first-order valence-electron chi connectivity index (χ1n) is 5.08. The number of hydrogen-bond donors (Lipinski definition) is 0. The minimum Gasteiger partial charge on any atom is -0.282 e. The molecule has 0 aromatic rings. The first-order valence-corrected chi connectivity index (χ1v) is 5.08. The van der Waals surface area contributed by atoms with E-state index in [0.29, 0.717) is 19.4 Å². The molecule has 1 fully saturated rings. The van der Waals surface area contributed by atoms with E-state index in [2.05, 4.69) is 6.08 Å². The van der Waals surface area contributed by atoms with Crippen molar-refractivity contribution < 1.29 is 9.59 Å². The molecule has 1 rings (SSSR count). The van der Waals surface area contributed by atoms with Crippen LogP contribution in [0, 0.1) is 0 Å². The van der Waals surface area contributed by atoms with Gasteiger partial charge in [-0.1, -0.05) is 11.6 Å². The number of allylic oxidation sites excluding steroid dienone is 1. The van der Waals surface area contributed by atoms with Gasteiger partial charge in [-0.15, -0.1) is 0 Å². The summed E-state index contributed by atoms with van der Waals surface area (Å²) >= 11 is 0. The SMILES string of the molecule is CC(C)=CCCN1C(=O)CCCC1=O. The van der Waals surface area contributed by atoms with Gasteiger partial charge in [0.15, 0.2) is 0 Å². The maximum atomic E-state index is 11.4. The van der Waals surface area contributed by atoms with Crippen molar-refractivity contribution >= 4 is 11.8 Å². The fourth-order valence-corrected chi connectivity index (χ4v) is 1.53. The molecule has 1 aliphatic rings. The van der Waals surface area contributed by atoms with E-state index in [-0.39, 0.29) is 11.8 Å². The highest BCUT2D eigenvalue weighted by molar-refractivity contribution is 5.97. The third-order valence-corrected chi connectivity index (χ3v) is 2.29. The average Bonchev–Trinajstić information content (AvgIpc) is 2.09. The second-order valence-corrected chi connectivity index (χ2v) is 3.86. The Labute approximate surface area is 84.8 Å². The van der Waals surface area contributed by atoms with E-state index in [1.165, 1.54) is 10.5 Å². The number of carbonyl (C=O) groups excluding carboxylic acids is 2. The van der Waals surface area contributed by atoms with Gasteiger partial charge in [-0.25, -0.2) is 0 Å². The zero-order valence-corrected chi connectivity index (χ0v) is 8.88. The Bertz CT molecular complexity index is 248. The largest absolute Gasteiger partial charge is 0.282 e. The number of carbonyl (C=O) groups is 2. The fourth-order valence-electron chi connectivity index (χ4n) is 1.53. The number of likely N-dealkylation sites (tertiary alicyclic amines) is 1. The molecule has 3 heteroatoms. The van der Waals surface area contributed by atoms with Crippen LogP contribution in [0.2, 0.25) is 0 Å². The third-order valence-electron chi connectivity index (χ3n) is 2.29. The number of piperidine rings is 1. The van der Waals surface area contributed by atoms with E-state index in [9.17, 15) is 9.59 Å². The quantitative estimate of drug-likeness (QED) is 0.509. The van der Waals surface area contributed by atoms with Gasteiger partial charge < -0.3 is 0 Å². The number of amides is 2. The lowest BCUT2D eigenvalue weighted by Crippen LogP contribution is -2.40. The maximum Gasteiger partial charge on any atom is 0.229 e. The van der Waals surface area contributed by atoms with Crippen LogP contribution >= 0.6 is 0 Å². The number of hydrogen-bond acceptors (Lipinski definition) is 2. The lowest BCUT2D eigenvalue weighted by molar-refractivity contribution is -0.147. The smallest absolute Gasteiger partial charge is 0.229 e. The second kappa shape index (κ2) is 4.94. The Morgan fingerprint density at radius 1 is 1.29 bits per heavy atom. The minimum absolute atomic E-state index is 0.0107. The van der Waals surface area contributed by atoms with E-state index in [4.69, 9.17) is 0 Å². The highest BCUT2D eigenvalue weighted by Gasteiger charge is 2.24. The number of imide groups is 1. The zero-order chi connectivity index (χ0) is 10.6. The van der Waals surface area contributed by atoms with Crippen LogP contribution in [0.1, 0.15) is 39.5 Å². The summed E-state index contributed by atoms with van der Waals surface area (Å²) in [4.78, 5) is 24.1. The van der Waals surface area contributed by atoms with Crippen LogP contribution < -0.4 is 0 Å². The van der Waals surface area contributed by atoms with Crippen molar-refractivity contribution in [1.82, 2.24) is 4.90 Å². The summed E-state index contributed by atoms with van der Waals surface area (Å²) in [5, 5.41) is 0. The minimum atomic E-state index is -0.0107. The van der Waals surface area contributed by atoms with Gasteiger partial charge in [-0.3, -0.25) is 14.5 Å². The summed E-state index contributed by atoms with van der Waals surface area (Å²) in [7, 11) is 0. The van der Waals surface area contributed by atoms with Gasteiger partial charge in [0.05, 0.1) is 0 Å². The molecule has 0 aromatic heterocycles. The van der Waals surface area contributed by atoms with Gasteiger partial charge in [0, 0.05) is 19.4 Å². The van der Waals surface area contributed by atoms with E-state index in [0.717, 1.165) is 12.8 Å². The number of rotatable bonds is 3. The molecule has 0 saturated carbocycles. The van der Waals surface area contributed by atoms with Gasteiger partial charge in [0.2, 0.25) is 11.8 Å². The van der Waals surface area contributed by atoms with Crippen molar-refractivity contribution in [3.8, 4) is 0 Å². The third kappa shape index (κ3) is 2.98. The highest BCUT2D eigenvalue weighted by Crippen LogP contribution is 2.12. The molecule has 0 aliphatic carbocycles. The van der Waals surface area contributed by atoms with Crippen molar-refractivity contribution in [2.24, 2.45) is 0 Å². The Morgan fingerprint density at radius 2 is 1.86 bits per heavy atom. The summed E-state index contributed by atoms with van der Waals surface area (Å²) in [6, 6.07) is 0. The topological polar surface area (TPSA) is 37.4 Å². The molecule has 14 heavy (non-hydrogen) atoms. The van der Waals surface area contributed by atoms with Crippen molar-refractivity contribution in [1.29, 1.82) is 0 Å². The molecule has 0 N–H and O–H groups in total. The van der Waals surface area contributed by atoms with Crippen LogP contribution in [-0.2, 0) is 9.59 Å². The van der Waals surface area contributed by atoms with Crippen molar-refractivity contribution in [3.05, 3.63) is 11.6 Å². The van der Waals surface area contributed by atoms with Gasteiger partial charge in [-0.05, 0) is 26.7 Å². The standard InChI is InChI=1S/C11H17NO2/c1-9(2)5-4-8-12-10(13)6-3-7-11(12)14/h5H,3-4,6-8H2,1-2H3. The van der Waals surface area contributed by atoms with Crippen LogP contribution in [-0.4, -0.2) is 23.3 Å². The Kier molecular flexibility index (Phi) is 3.86. The highest BCUT2D eigenvalue weighted by atomic mass is 16.2. The first-order chi connectivity index (χ1) is 6.61. The van der Waals surface area contributed by atoms with Gasteiger partial charge in [0.25, 0.3) is 0 Å².